The number of carboxylic acids is 1. The van der Waals surface area contributed by atoms with Gasteiger partial charge in [-0.05, 0) is 53.6 Å². The van der Waals surface area contributed by atoms with Crippen molar-refractivity contribution in [2.24, 2.45) is 5.73 Å². The quantitative estimate of drug-likeness (QED) is 0.137. The number of aliphatic carboxylic acids is 1. The average Bonchev–Trinajstić information content (AvgIpc) is 2.99. The topological polar surface area (TPSA) is 167 Å². The van der Waals surface area contributed by atoms with E-state index < -0.39 is 22.0 Å². The molecule has 0 bridgehead atoms. The van der Waals surface area contributed by atoms with Gasteiger partial charge in [0.05, 0.1) is 11.2 Å². The van der Waals surface area contributed by atoms with Crippen LogP contribution < -0.4 is 15.4 Å². The highest BCUT2D eigenvalue weighted by atomic mass is 35.5. The zero-order chi connectivity index (χ0) is 30.0. The van der Waals surface area contributed by atoms with Crippen molar-refractivity contribution in [1.29, 1.82) is 5.41 Å². The fourth-order valence-electron chi connectivity index (χ4n) is 4.75. The first-order chi connectivity index (χ1) is 20.1. The third-order valence-corrected chi connectivity index (χ3v) is 8.85. The van der Waals surface area contributed by atoms with Gasteiger partial charge in [0.15, 0.2) is 0 Å². The molecule has 0 saturated heterocycles. The van der Waals surface area contributed by atoms with Crippen LogP contribution in [0.4, 0.5) is 5.69 Å². The van der Waals surface area contributed by atoms with Gasteiger partial charge in [-0.3, -0.25) is 19.5 Å². The first-order valence-electron chi connectivity index (χ1n) is 12.9. The van der Waals surface area contributed by atoms with Gasteiger partial charge < -0.3 is 16.2 Å². The Morgan fingerprint density at radius 3 is 2.35 bits per heavy atom. The van der Waals surface area contributed by atoms with Crippen LogP contribution in [0.2, 0.25) is 0 Å². The number of rotatable bonds is 9. The van der Waals surface area contributed by atoms with Crippen molar-refractivity contribution < 1.29 is 23.1 Å². The van der Waals surface area contributed by atoms with E-state index in [1.54, 1.807) is 78.9 Å². The number of para-hydroxylation sites is 1. The number of nitrogens with one attached hydrogen (secondary N) is 2. The van der Waals surface area contributed by atoms with Crippen LogP contribution in [-0.2, 0) is 21.4 Å². The van der Waals surface area contributed by atoms with Crippen molar-refractivity contribution in [3.63, 3.8) is 0 Å². The van der Waals surface area contributed by atoms with E-state index in [2.05, 4.69) is 10.3 Å². The number of halogens is 1. The van der Waals surface area contributed by atoms with Gasteiger partial charge in [0, 0.05) is 29.3 Å². The Labute approximate surface area is 254 Å². The number of hydrogen-bond acceptors (Lipinski definition) is 6. The molecule has 0 aliphatic rings. The van der Waals surface area contributed by atoms with E-state index in [-0.39, 0.29) is 46.8 Å². The molecule has 1 atom stereocenters. The predicted octanol–water partition coefficient (Wildman–Crippen LogP) is 4.69. The number of carbonyl (C=O) groups is 2. The maximum absolute atomic E-state index is 14.0. The molecule has 12 heteroatoms. The maximum atomic E-state index is 14.0. The molecule has 4 aromatic carbocycles. The van der Waals surface area contributed by atoms with E-state index in [0.717, 1.165) is 9.87 Å². The first kappa shape index (κ1) is 30.9. The molecule has 1 aromatic heterocycles. The van der Waals surface area contributed by atoms with E-state index in [9.17, 15) is 23.1 Å². The molecule has 1 heterocycles. The number of amidine groups is 1. The van der Waals surface area contributed by atoms with Gasteiger partial charge in [-0.15, -0.1) is 12.4 Å². The van der Waals surface area contributed by atoms with Crippen molar-refractivity contribution in [1.82, 2.24) is 10.3 Å². The van der Waals surface area contributed by atoms with Crippen LogP contribution in [0, 0.1) is 5.41 Å². The fourth-order valence-corrected chi connectivity index (χ4v) is 6.52. The van der Waals surface area contributed by atoms with Crippen LogP contribution in [0.3, 0.4) is 0 Å². The molecule has 0 aliphatic carbocycles. The van der Waals surface area contributed by atoms with Crippen LogP contribution in [0.25, 0.3) is 21.7 Å². The van der Waals surface area contributed by atoms with Gasteiger partial charge in [-0.2, -0.15) is 0 Å². The fraction of sp³-hybridized carbons (Fsp3) is 0.0968. The largest absolute Gasteiger partial charge is 0.480 e. The monoisotopic (exact) mass is 617 g/mol. The maximum Gasteiger partial charge on any atom is 0.327 e. The van der Waals surface area contributed by atoms with Gasteiger partial charge >= 0.3 is 5.97 Å². The van der Waals surface area contributed by atoms with Crippen LogP contribution in [0.1, 0.15) is 28.4 Å². The Hall–Kier alpha value is -5.00. The van der Waals surface area contributed by atoms with E-state index in [4.69, 9.17) is 11.1 Å². The molecule has 1 unspecified atom stereocenters. The Kier molecular flexibility index (Phi) is 8.98. The summed E-state index contributed by atoms with van der Waals surface area (Å²) in [6, 6.07) is 23.4. The zero-order valence-electron chi connectivity index (χ0n) is 22.9. The highest BCUT2D eigenvalue weighted by Crippen LogP contribution is 2.32. The number of anilines is 1. The number of nitrogens with zero attached hydrogens (tertiary/aromatic N) is 2. The van der Waals surface area contributed by atoms with Crippen molar-refractivity contribution in [2.45, 2.75) is 24.4 Å². The number of nitrogens with two attached hydrogens (primary N) is 1. The highest BCUT2D eigenvalue weighted by molar-refractivity contribution is 7.93. The summed E-state index contributed by atoms with van der Waals surface area (Å²) < 4.78 is 28.9. The number of benzene rings is 4. The summed E-state index contributed by atoms with van der Waals surface area (Å²) in [7, 11) is -4.38. The van der Waals surface area contributed by atoms with Gasteiger partial charge in [0.2, 0.25) is 0 Å². The number of aromatic nitrogens is 1. The van der Waals surface area contributed by atoms with Crippen LogP contribution in [0.5, 0.6) is 0 Å². The summed E-state index contributed by atoms with van der Waals surface area (Å²) in [4.78, 5) is 29.4. The molecule has 0 radical (unpaired) electrons. The lowest BCUT2D eigenvalue weighted by Gasteiger charge is -2.28. The molecule has 0 saturated carbocycles. The normalized spacial score (nSPS) is 11.8. The second-order valence-corrected chi connectivity index (χ2v) is 11.4. The molecule has 0 spiro atoms. The Balaban J connectivity index is 0.00000423. The lowest BCUT2D eigenvalue weighted by atomic mass is 10.0. The van der Waals surface area contributed by atoms with Gasteiger partial charge in [0.25, 0.3) is 15.9 Å². The standard InChI is InChI=1S/C31H27N5O5S.ClH/c1-19(31(38)39)36(42(40,41)27-9-3-5-21-7-4-16-34-28(21)27)24-14-15-25-23(17-24)6-2-8-26(25)30(37)35-18-20-10-12-22(13-11-20)29(32)33;/h2-17,19H,18H2,1H3,(H3,32,33)(H,35,37)(H,38,39);1H. The lowest BCUT2D eigenvalue weighted by molar-refractivity contribution is -0.137. The summed E-state index contributed by atoms with van der Waals surface area (Å²) >= 11 is 0. The van der Waals surface area contributed by atoms with E-state index in [0.29, 0.717) is 27.3 Å². The number of sulfonamides is 1. The minimum Gasteiger partial charge on any atom is -0.480 e. The summed E-state index contributed by atoms with van der Waals surface area (Å²) in [5.74, 6) is -1.70. The SMILES string of the molecule is CC(C(=O)O)N(c1ccc2c(C(=O)NCc3ccc(C(=N)N)cc3)cccc2c1)S(=O)(=O)c1cccc2cccnc12.Cl. The van der Waals surface area contributed by atoms with Crippen LogP contribution >= 0.6 is 12.4 Å². The van der Waals surface area contributed by atoms with Gasteiger partial charge in [-0.1, -0.05) is 60.7 Å². The molecule has 5 N–H and O–H groups in total. The molecule has 1 amide bonds. The van der Waals surface area contributed by atoms with E-state index in [1.807, 2.05) is 0 Å². The third-order valence-electron chi connectivity index (χ3n) is 6.92. The molecule has 220 valence electrons. The van der Waals surface area contributed by atoms with Gasteiger partial charge in [0.1, 0.15) is 16.8 Å². The smallest absolute Gasteiger partial charge is 0.327 e. The number of hydrogen-bond donors (Lipinski definition) is 4. The minimum atomic E-state index is -4.38. The van der Waals surface area contributed by atoms with E-state index in [1.165, 1.54) is 25.3 Å². The summed E-state index contributed by atoms with van der Waals surface area (Å²) in [5.41, 5.74) is 7.64. The third kappa shape index (κ3) is 6.13. The molecule has 0 fully saturated rings. The van der Waals surface area contributed by atoms with Crippen molar-refractivity contribution in [3.8, 4) is 0 Å². The number of fused-ring (bicyclic) bond motifs is 2. The Morgan fingerprint density at radius 2 is 1.65 bits per heavy atom. The Bertz CT molecular complexity index is 1960. The summed E-state index contributed by atoms with van der Waals surface area (Å²) in [5, 5.41) is 22.0. The number of amides is 1. The zero-order valence-corrected chi connectivity index (χ0v) is 24.5. The number of carboxylic acid groups (broad SMARTS) is 1. The van der Waals surface area contributed by atoms with Crippen molar-refractivity contribution in [3.05, 3.63) is 114 Å². The Morgan fingerprint density at radius 1 is 0.977 bits per heavy atom. The molecular formula is C31H28ClN5O5S. The number of nitrogen functional groups attached to an aromatic ring is 1. The van der Waals surface area contributed by atoms with E-state index >= 15 is 0 Å². The second kappa shape index (κ2) is 12.5. The molecule has 5 aromatic rings. The second-order valence-electron chi connectivity index (χ2n) is 9.65. The molecule has 0 aliphatic heterocycles. The molecular weight excluding hydrogens is 590 g/mol. The molecule has 43 heavy (non-hydrogen) atoms. The first-order valence-corrected chi connectivity index (χ1v) is 14.4. The number of carbonyl (C=O) groups excluding carboxylic acids is 1. The predicted molar refractivity (Wildman–Crippen MR) is 168 cm³/mol. The average molecular weight is 618 g/mol. The molecule has 10 nitrogen and oxygen atoms in total. The van der Waals surface area contributed by atoms with Gasteiger partial charge in [-0.25, -0.2) is 13.2 Å². The lowest BCUT2D eigenvalue weighted by Crippen LogP contribution is -2.43. The highest BCUT2D eigenvalue weighted by Gasteiger charge is 2.35. The van der Waals surface area contributed by atoms with Crippen molar-refractivity contribution in [2.75, 3.05) is 4.31 Å². The van der Waals surface area contributed by atoms with Crippen molar-refractivity contribution >= 4 is 67.5 Å². The summed E-state index contributed by atoms with van der Waals surface area (Å²) in [6.45, 7) is 1.54. The van der Waals surface area contributed by atoms with Crippen LogP contribution in [-0.4, -0.2) is 42.3 Å². The minimum absolute atomic E-state index is 0. The molecule has 5 rings (SSSR count). The number of pyridine rings is 1. The summed E-state index contributed by atoms with van der Waals surface area (Å²) in [6.07, 6.45) is 1.48. The van der Waals surface area contributed by atoms with Crippen LogP contribution in [0.15, 0.2) is 102 Å².